The van der Waals surface area contributed by atoms with E-state index < -0.39 is 11.6 Å². The van der Waals surface area contributed by atoms with Gasteiger partial charge in [-0.25, -0.2) is 8.78 Å². The Morgan fingerprint density at radius 1 is 1.04 bits per heavy atom. The number of anilines is 1. The van der Waals surface area contributed by atoms with Gasteiger partial charge in [0.2, 0.25) is 0 Å². The molecule has 2 N–H and O–H groups in total. The second-order valence-corrected chi connectivity index (χ2v) is 6.28. The summed E-state index contributed by atoms with van der Waals surface area (Å²) in [5.41, 5.74) is 2.55. The number of aliphatic imine (C=N–C) groups is 1. The lowest BCUT2D eigenvalue weighted by atomic mass is 10.2. The average molecular weight is 374 g/mol. The van der Waals surface area contributed by atoms with Crippen molar-refractivity contribution in [1.82, 2.24) is 10.6 Å². The molecule has 0 radical (unpaired) electrons. The molecule has 1 saturated heterocycles. The van der Waals surface area contributed by atoms with Crippen LogP contribution < -0.4 is 15.5 Å². The van der Waals surface area contributed by atoms with Gasteiger partial charge in [-0.2, -0.15) is 0 Å². The molecular formula is C20H24F2N4O. The molecule has 0 aromatic heterocycles. The van der Waals surface area contributed by atoms with E-state index in [1.54, 1.807) is 7.05 Å². The largest absolute Gasteiger partial charge is 0.378 e. The van der Waals surface area contributed by atoms with Crippen molar-refractivity contribution in [2.24, 2.45) is 4.99 Å². The first-order valence-corrected chi connectivity index (χ1v) is 8.96. The Bertz CT molecular complexity index is 774. The van der Waals surface area contributed by atoms with Gasteiger partial charge < -0.3 is 20.3 Å². The summed E-state index contributed by atoms with van der Waals surface area (Å²) < 4.78 is 32.3. The molecule has 2 aromatic carbocycles. The van der Waals surface area contributed by atoms with Crippen LogP contribution in [0.3, 0.4) is 0 Å². The number of rotatable bonds is 5. The van der Waals surface area contributed by atoms with Crippen LogP contribution in [0, 0.1) is 11.6 Å². The number of benzene rings is 2. The van der Waals surface area contributed by atoms with Crippen molar-refractivity contribution >= 4 is 11.6 Å². The summed E-state index contributed by atoms with van der Waals surface area (Å²) in [7, 11) is 1.64. The molecule has 1 heterocycles. The highest BCUT2D eigenvalue weighted by atomic mass is 19.1. The zero-order valence-electron chi connectivity index (χ0n) is 15.3. The summed E-state index contributed by atoms with van der Waals surface area (Å²) in [5, 5.41) is 6.18. The fourth-order valence-electron chi connectivity index (χ4n) is 2.91. The third kappa shape index (κ3) is 5.40. The third-order valence-corrected chi connectivity index (χ3v) is 4.45. The van der Waals surface area contributed by atoms with Crippen molar-refractivity contribution in [3.8, 4) is 0 Å². The number of morpholine rings is 1. The Balaban J connectivity index is 1.51. The summed E-state index contributed by atoms with van der Waals surface area (Å²) in [6, 6.07) is 11.7. The van der Waals surface area contributed by atoms with E-state index in [-0.39, 0.29) is 12.1 Å². The van der Waals surface area contributed by atoms with E-state index in [1.165, 1.54) is 11.8 Å². The number of nitrogens with zero attached hydrogens (tertiary/aromatic N) is 2. The summed E-state index contributed by atoms with van der Waals surface area (Å²) in [5.74, 6) is -0.384. The maximum atomic E-state index is 13.7. The van der Waals surface area contributed by atoms with Crippen LogP contribution >= 0.6 is 0 Å². The molecule has 0 aliphatic carbocycles. The van der Waals surface area contributed by atoms with Gasteiger partial charge in [0.15, 0.2) is 5.96 Å². The van der Waals surface area contributed by atoms with E-state index in [4.69, 9.17) is 4.74 Å². The first-order valence-electron chi connectivity index (χ1n) is 8.96. The second kappa shape index (κ2) is 9.32. The minimum Gasteiger partial charge on any atom is -0.378 e. The maximum Gasteiger partial charge on any atom is 0.191 e. The molecule has 0 atom stereocenters. The van der Waals surface area contributed by atoms with Gasteiger partial charge in [0.25, 0.3) is 0 Å². The molecule has 0 spiro atoms. The van der Waals surface area contributed by atoms with E-state index in [9.17, 15) is 8.78 Å². The van der Waals surface area contributed by atoms with Gasteiger partial charge in [-0.3, -0.25) is 4.99 Å². The standard InChI is InChI=1S/C20H24F2N4O/c1-23-20(25-14-16-12-17(21)4-7-19(16)22)24-13-15-2-5-18(6-3-15)26-8-10-27-11-9-26/h2-7,12H,8-11,13-14H2,1H3,(H2,23,24,25). The summed E-state index contributed by atoms with van der Waals surface area (Å²) in [4.78, 5) is 6.42. The monoisotopic (exact) mass is 374 g/mol. The Labute approximate surface area is 158 Å². The number of nitrogens with one attached hydrogen (secondary N) is 2. The molecular weight excluding hydrogens is 350 g/mol. The van der Waals surface area contributed by atoms with E-state index in [0.717, 1.165) is 44.0 Å². The highest BCUT2D eigenvalue weighted by Gasteiger charge is 2.11. The molecule has 2 aromatic rings. The van der Waals surface area contributed by atoms with Crippen molar-refractivity contribution < 1.29 is 13.5 Å². The van der Waals surface area contributed by atoms with E-state index in [2.05, 4.69) is 44.8 Å². The minimum absolute atomic E-state index is 0.152. The number of ether oxygens (including phenoxy) is 1. The molecule has 144 valence electrons. The van der Waals surface area contributed by atoms with Crippen LogP contribution in [-0.4, -0.2) is 39.3 Å². The first kappa shape index (κ1) is 19.1. The van der Waals surface area contributed by atoms with Gasteiger partial charge in [0, 0.05) is 44.5 Å². The van der Waals surface area contributed by atoms with Gasteiger partial charge in [-0.1, -0.05) is 12.1 Å². The zero-order valence-corrected chi connectivity index (χ0v) is 15.3. The Morgan fingerprint density at radius 2 is 1.74 bits per heavy atom. The first-order chi connectivity index (χ1) is 13.2. The lowest BCUT2D eigenvalue weighted by Crippen LogP contribution is -2.37. The van der Waals surface area contributed by atoms with Crippen LogP contribution in [0.15, 0.2) is 47.5 Å². The van der Waals surface area contributed by atoms with Crippen molar-refractivity contribution in [3.05, 3.63) is 65.2 Å². The van der Waals surface area contributed by atoms with Crippen LogP contribution in [0.2, 0.25) is 0 Å². The molecule has 1 aliphatic heterocycles. The molecule has 7 heteroatoms. The topological polar surface area (TPSA) is 48.9 Å². The Morgan fingerprint density at radius 3 is 2.44 bits per heavy atom. The van der Waals surface area contributed by atoms with Crippen LogP contribution in [0.5, 0.6) is 0 Å². The van der Waals surface area contributed by atoms with Crippen molar-refractivity contribution in [2.75, 3.05) is 38.3 Å². The number of halogens is 2. The van der Waals surface area contributed by atoms with E-state index in [0.29, 0.717) is 12.5 Å². The van der Waals surface area contributed by atoms with Crippen molar-refractivity contribution in [2.45, 2.75) is 13.1 Å². The summed E-state index contributed by atoms with van der Waals surface area (Å²) in [6.07, 6.45) is 0. The van der Waals surface area contributed by atoms with Gasteiger partial charge >= 0.3 is 0 Å². The van der Waals surface area contributed by atoms with E-state index in [1.807, 2.05) is 0 Å². The maximum absolute atomic E-state index is 13.7. The number of hydrogen-bond acceptors (Lipinski definition) is 3. The lowest BCUT2D eigenvalue weighted by Gasteiger charge is -2.28. The Kier molecular flexibility index (Phi) is 6.59. The van der Waals surface area contributed by atoms with E-state index >= 15 is 0 Å². The molecule has 3 rings (SSSR count). The van der Waals surface area contributed by atoms with Crippen LogP contribution in [-0.2, 0) is 17.8 Å². The van der Waals surface area contributed by atoms with Crippen LogP contribution in [0.25, 0.3) is 0 Å². The highest BCUT2D eigenvalue weighted by molar-refractivity contribution is 5.79. The van der Waals surface area contributed by atoms with Crippen LogP contribution in [0.1, 0.15) is 11.1 Å². The average Bonchev–Trinajstić information content (AvgIpc) is 2.71. The normalized spacial score (nSPS) is 14.9. The fraction of sp³-hybridized carbons (Fsp3) is 0.350. The molecule has 5 nitrogen and oxygen atoms in total. The quantitative estimate of drug-likeness (QED) is 0.624. The van der Waals surface area contributed by atoms with Gasteiger partial charge in [0.05, 0.1) is 13.2 Å². The fourth-order valence-corrected chi connectivity index (χ4v) is 2.91. The molecule has 27 heavy (non-hydrogen) atoms. The second-order valence-electron chi connectivity index (χ2n) is 6.28. The number of hydrogen-bond donors (Lipinski definition) is 2. The summed E-state index contributed by atoms with van der Waals surface area (Å²) in [6.45, 7) is 4.07. The van der Waals surface area contributed by atoms with Crippen LogP contribution in [0.4, 0.5) is 14.5 Å². The van der Waals surface area contributed by atoms with Gasteiger partial charge in [0.1, 0.15) is 11.6 Å². The van der Waals surface area contributed by atoms with Crippen molar-refractivity contribution in [1.29, 1.82) is 0 Å². The van der Waals surface area contributed by atoms with Gasteiger partial charge in [-0.05, 0) is 35.9 Å². The molecule has 0 amide bonds. The predicted molar refractivity (Wildman–Crippen MR) is 103 cm³/mol. The lowest BCUT2D eigenvalue weighted by molar-refractivity contribution is 0.122. The highest BCUT2D eigenvalue weighted by Crippen LogP contribution is 2.16. The summed E-state index contributed by atoms with van der Waals surface area (Å²) >= 11 is 0. The molecule has 0 bridgehead atoms. The van der Waals surface area contributed by atoms with Crippen molar-refractivity contribution in [3.63, 3.8) is 0 Å². The molecule has 0 saturated carbocycles. The smallest absolute Gasteiger partial charge is 0.191 e. The molecule has 1 aliphatic rings. The molecule has 0 unspecified atom stereocenters. The Hall–Kier alpha value is -2.67. The number of guanidine groups is 1. The predicted octanol–water partition coefficient (Wildman–Crippen LogP) is 2.67. The SMILES string of the molecule is CN=C(NCc1ccc(N2CCOCC2)cc1)NCc1cc(F)ccc1F. The third-order valence-electron chi connectivity index (χ3n) is 4.45. The van der Waals surface area contributed by atoms with Gasteiger partial charge in [-0.15, -0.1) is 0 Å². The molecule has 1 fully saturated rings. The zero-order chi connectivity index (χ0) is 19.1. The minimum atomic E-state index is -0.462.